The number of hydrogen-bond acceptors (Lipinski definition) is 4. The maximum atomic E-state index is 13.0. The van der Waals surface area contributed by atoms with Gasteiger partial charge in [-0.05, 0) is 49.9 Å². The Morgan fingerprint density at radius 1 is 1.17 bits per heavy atom. The highest BCUT2D eigenvalue weighted by Crippen LogP contribution is 2.33. The van der Waals surface area contributed by atoms with Crippen LogP contribution < -0.4 is 5.32 Å². The summed E-state index contributed by atoms with van der Waals surface area (Å²) in [6.45, 7) is 6.76. The van der Waals surface area contributed by atoms with Gasteiger partial charge in [0.2, 0.25) is 0 Å². The van der Waals surface area contributed by atoms with Crippen LogP contribution in [0.1, 0.15) is 40.4 Å². The number of hydrogen-bond donors (Lipinski definition) is 1. The van der Waals surface area contributed by atoms with Crippen molar-refractivity contribution in [2.24, 2.45) is 5.92 Å². The highest BCUT2D eigenvalue weighted by molar-refractivity contribution is 5.90. The van der Waals surface area contributed by atoms with Crippen molar-refractivity contribution < 1.29 is 9.53 Å². The monoisotopic (exact) mass is 386 g/mol. The van der Waals surface area contributed by atoms with E-state index in [2.05, 4.69) is 16.9 Å². The molecule has 0 aliphatic carbocycles. The number of nitrogens with zero attached hydrogens (tertiary/aromatic N) is 1. The van der Waals surface area contributed by atoms with Crippen LogP contribution >= 0.6 is 0 Å². The molecule has 1 aromatic heterocycles. The second-order valence-electron chi connectivity index (χ2n) is 7.70. The number of aryl methyl sites for hydroxylation is 1. The lowest BCUT2D eigenvalue weighted by Crippen LogP contribution is -2.43. The lowest BCUT2D eigenvalue weighted by atomic mass is 9.88. The van der Waals surface area contributed by atoms with Crippen molar-refractivity contribution in [3.63, 3.8) is 0 Å². The van der Waals surface area contributed by atoms with Gasteiger partial charge in [-0.25, -0.2) is 4.79 Å². The van der Waals surface area contributed by atoms with Crippen LogP contribution in [0, 0.1) is 12.8 Å². The summed E-state index contributed by atoms with van der Waals surface area (Å²) in [4.78, 5) is 17.4. The van der Waals surface area contributed by atoms with Crippen molar-refractivity contribution in [3.8, 4) is 0 Å². The molecule has 0 saturated carbocycles. The normalized spacial score (nSPS) is 20.2. The number of para-hydroxylation sites is 1. The van der Waals surface area contributed by atoms with Gasteiger partial charge in [0.05, 0.1) is 11.1 Å². The standard InChI is InChI=1S/C25H26N2O2/c1-3-18-10-13-23(27-16-18)24(29-25(28)19-11-8-17(2)9-12-19)21-14-15-26-22-7-5-4-6-20(21)22/h3-9,11-12,14-15,18,23-24,27H,1,10,13,16H2,2H3. The number of rotatable bonds is 5. The van der Waals surface area contributed by atoms with E-state index < -0.39 is 0 Å². The molecule has 0 bridgehead atoms. The van der Waals surface area contributed by atoms with E-state index in [1.165, 1.54) is 0 Å². The van der Waals surface area contributed by atoms with Gasteiger partial charge in [0.15, 0.2) is 0 Å². The van der Waals surface area contributed by atoms with Crippen molar-refractivity contribution in [2.75, 3.05) is 6.54 Å². The van der Waals surface area contributed by atoms with E-state index in [9.17, 15) is 4.79 Å². The van der Waals surface area contributed by atoms with E-state index in [1.54, 1.807) is 6.20 Å². The number of carbonyl (C=O) groups is 1. The highest BCUT2D eigenvalue weighted by Gasteiger charge is 2.31. The fourth-order valence-corrected chi connectivity index (χ4v) is 3.96. The van der Waals surface area contributed by atoms with Crippen LogP contribution in [0.2, 0.25) is 0 Å². The second kappa shape index (κ2) is 8.58. The molecule has 1 aliphatic rings. The first-order valence-electron chi connectivity index (χ1n) is 10.1. The van der Waals surface area contributed by atoms with Crippen molar-refractivity contribution >= 4 is 16.9 Å². The molecule has 3 unspecified atom stereocenters. The number of piperidine rings is 1. The third-order valence-corrected chi connectivity index (χ3v) is 5.70. The van der Waals surface area contributed by atoms with Crippen LogP contribution in [0.15, 0.2) is 73.4 Å². The average molecular weight is 386 g/mol. The third-order valence-electron chi connectivity index (χ3n) is 5.70. The fraction of sp³-hybridized carbons (Fsp3) is 0.280. The Hall–Kier alpha value is -2.98. The van der Waals surface area contributed by atoms with Crippen LogP contribution in [-0.2, 0) is 4.74 Å². The lowest BCUT2D eigenvalue weighted by Gasteiger charge is -2.34. The van der Waals surface area contributed by atoms with Gasteiger partial charge in [-0.3, -0.25) is 4.98 Å². The molecule has 3 aromatic rings. The maximum absolute atomic E-state index is 13.0. The van der Waals surface area contributed by atoms with Gasteiger partial charge in [-0.15, -0.1) is 6.58 Å². The van der Waals surface area contributed by atoms with E-state index in [0.29, 0.717) is 11.5 Å². The minimum atomic E-state index is -0.387. The summed E-state index contributed by atoms with van der Waals surface area (Å²) in [7, 11) is 0. The van der Waals surface area contributed by atoms with Crippen molar-refractivity contribution in [1.82, 2.24) is 10.3 Å². The number of benzene rings is 2. The van der Waals surface area contributed by atoms with Gasteiger partial charge in [0, 0.05) is 29.7 Å². The van der Waals surface area contributed by atoms with Crippen LogP contribution in [0.3, 0.4) is 0 Å². The van der Waals surface area contributed by atoms with E-state index in [-0.39, 0.29) is 18.1 Å². The predicted molar refractivity (Wildman–Crippen MR) is 116 cm³/mol. The largest absolute Gasteiger partial charge is 0.452 e. The molecule has 29 heavy (non-hydrogen) atoms. The van der Waals surface area contributed by atoms with Gasteiger partial charge in [0.1, 0.15) is 6.10 Å². The maximum Gasteiger partial charge on any atom is 0.338 e. The molecule has 0 amide bonds. The molecule has 1 N–H and O–H groups in total. The summed E-state index contributed by atoms with van der Waals surface area (Å²) in [6.07, 6.45) is 5.35. The van der Waals surface area contributed by atoms with E-state index in [1.807, 2.05) is 67.6 Å². The number of esters is 1. The molecule has 1 fully saturated rings. The topological polar surface area (TPSA) is 51.2 Å². The number of aromatic nitrogens is 1. The van der Waals surface area contributed by atoms with Crippen LogP contribution in [0.4, 0.5) is 0 Å². The van der Waals surface area contributed by atoms with E-state index in [4.69, 9.17) is 4.74 Å². The van der Waals surface area contributed by atoms with Gasteiger partial charge < -0.3 is 10.1 Å². The number of fused-ring (bicyclic) bond motifs is 1. The number of carbonyl (C=O) groups excluding carboxylic acids is 1. The zero-order valence-corrected chi connectivity index (χ0v) is 16.7. The first-order valence-corrected chi connectivity index (χ1v) is 10.1. The molecular weight excluding hydrogens is 360 g/mol. The quantitative estimate of drug-likeness (QED) is 0.495. The number of ether oxygens (including phenoxy) is 1. The van der Waals surface area contributed by atoms with Crippen LogP contribution in [0.5, 0.6) is 0 Å². The molecule has 0 radical (unpaired) electrons. The zero-order chi connectivity index (χ0) is 20.2. The van der Waals surface area contributed by atoms with Crippen LogP contribution in [-0.4, -0.2) is 23.5 Å². The molecule has 148 valence electrons. The first-order chi connectivity index (χ1) is 14.2. The molecule has 4 nitrogen and oxygen atoms in total. The molecule has 2 heterocycles. The fourth-order valence-electron chi connectivity index (χ4n) is 3.96. The summed E-state index contributed by atoms with van der Waals surface area (Å²) >= 11 is 0. The summed E-state index contributed by atoms with van der Waals surface area (Å²) in [5, 5.41) is 4.60. The van der Waals surface area contributed by atoms with Crippen molar-refractivity contribution in [1.29, 1.82) is 0 Å². The molecule has 4 heteroatoms. The Bertz CT molecular complexity index is 1000. The molecule has 1 aliphatic heterocycles. The lowest BCUT2D eigenvalue weighted by molar-refractivity contribution is 0.0157. The zero-order valence-electron chi connectivity index (χ0n) is 16.7. The molecular formula is C25H26N2O2. The van der Waals surface area contributed by atoms with E-state index in [0.717, 1.165) is 41.4 Å². The van der Waals surface area contributed by atoms with Gasteiger partial charge in [-0.1, -0.05) is 42.0 Å². The summed E-state index contributed by atoms with van der Waals surface area (Å²) in [5.41, 5.74) is 3.58. The van der Waals surface area contributed by atoms with Gasteiger partial charge >= 0.3 is 5.97 Å². The molecule has 4 rings (SSSR count). The van der Waals surface area contributed by atoms with Gasteiger partial charge in [-0.2, -0.15) is 0 Å². The van der Waals surface area contributed by atoms with E-state index >= 15 is 0 Å². The van der Waals surface area contributed by atoms with Crippen molar-refractivity contribution in [3.05, 3.63) is 90.1 Å². The first kappa shape index (κ1) is 19.3. The Balaban J connectivity index is 1.68. The summed E-state index contributed by atoms with van der Waals surface area (Å²) < 4.78 is 6.12. The molecule has 0 spiro atoms. The Morgan fingerprint density at radius 2 is 1.97 bits per heavy atom. The summed E-state index contributed by atoms with van der Waals surface area (Å²) in [5.74, 6) is 0.150. The SMILES string of the molecule is C=CC1CCC(C(OC(=O)c2ccc(C)cc2)c2ccnc3ccccc23)NC1. The van der Waals surface area contributed by atoms with Crippen LogP contribution in [0.25, 0.3) is 10.9 Å². The minimum absolute atomic E-state index is 0.0476. The predicted octanol–water partition coefficient (Wildman–Crippen LogP) is 5.00. The summed E-state index contributed by atoms with van der Waals surface area (Å²) in [6, 6.07) is 17.5. The highest BCUT2D eigenvalue weighted by atomic mass is 16.5. The number of nitrogens with one attached hydrogen (secondary N) is 1. The molecule has 3 atom stereocenters. The third kappa shape index (κ3) is 4.22. The smallest absolute Gasteiger partial charge is 0.338 e. The van der Waals surface area contributed by atoms with Gasteiger partial charge in [0.25, 0.3) is 0 Å². The Labute approximate surface area is 171 Å². The van der Waals surface area contributed by atoms with Crippen molar-refractivity contribution in [2.45, 2.75) is 31.9 Å². The Kier molecular flexibility index (Phi) is 5.72. The number of pyridine rings is 1. The average Bonchev–Trinajstić information content (AvgIpc) is 2.77. The molecule has 2 aromatic carbocycles. The Morgan fingerprint density at radius 3 is 2.69 bits per heavy atom. The molecule has 1 saturated heterocycles. The minimum Gasteiger partial charge on any atom is -0.452 e. The second-order valence-corrected chi connectivity index (χ2v) is 7.70.